The number of hydrogen-bond donors (Lipinski definition) is 2. The number of sulfonamides is 1. The van der Waals surface area contributed by atoms with Crippen molar-refractivity contribution in [1.29, 1.82) is 0 Å². The van der Waals surface area contributed by atoms with Gasteiger partial charge in [-0.3, -0.25) is 4.79 Å². The largest absolute Gasteiger partial charge is 0.504 e. The van der Waals surface area contributed by atoms with Gasteiger partial charge in [0.05, 0.1) is 0 Å². The zero-order valence-electron chi connectivity index (χ0n) is 8.21. The third-order valence-corrected chi connectivity index (χ3v) is 3.13. The van der Waals surface area contributed by atoms with Gasteiger partial charge in [0, 0.05) is 18.7 Å². The zero-order valence-corrected chi connectivity index (χ0v) is 9.79. The molecule has 0 aliphatic rings. The normalized spacial score (nSPS) is 11.2. The van der Waals surface area contributed by atoms with Crippen molar-refractivity contribution >= 4 is 33.4 Å². The number of benzene rings is 1. The molecule has 0 bridgehead atoms. The topological polar surface area (TPSA) is 101 Å². The monoisotopic (exact) mass is 264 g/mol. The molecular weight excluding hydrogens is 256 g/mol. The third-order valence-electron chi connectivity index (χ3n) is 1.77. The van der Waals surface area contributed by atoms with Gasteiger partial charge < -0.3 is 5.11 Å². The Hall–Kier alpha value is -1.31. The first-order chi connectivity index (χ1) is 7.25. The number of nitrogens with zero attached hydrogens (tertiary/aromatic N) is 1. The van der Waals surface area contributed by atoms with Crippen LogP contribution in [0.4, 0.5) is 5.69 Å². The summed E-state index contributed by atoms with van der Waals surface area (Å²) in [6, 6.07) is 3.71. The van der Waals surface area contributed by atoms with E-state index in [4.69, 9.17) is 16.9 Å². The van der Waals surface area contributed by atoms with Crippen LogP contribution >= 0.6 is 11.8 Å². The summed E-state index contributed by atoms with van der Waals surface area (Å²) in [5.41, 5.74) is -0.138. The summed E-state index contributed by atoms with van der Waals surface area (Å²) in [5.74, 6) is -1.22. The lowest BCUT2D eigenvalue weighted by atomic mass is 10.3. The lowest BCUT2D eigenvalue weighted by molar-refractivity contribution is -0.115. The van der Waals surface area contributed by atoms with E-state index in [1.807, 2.05) is 0 Å². The number of anilines is 1. The molecule has 6 nitrogen and oxygen atoms in total. The first-order valence-electron chi connectivity index (χ1n) is 4.06. The third kappa shape index (κ3) is 2.43. The molecule has 0 atom stereocenters. The van der Waals surface area contributed by atoms with Crippen molar-refractivity contribution in [2.75, 3.05) is 4.42 Å². The minimum absolute atomic E-state index is 0.138. The second kappa shape index (κ2) is 4.28. The number of carbonyl (C=O) groups excluding carboxylic acids is 1. The summed E-state index contributed by atoms with van der Waals surface area (Å²) in [7, 11) is -4.06. The molecule has 0 heterocycles. The number of phenols is 1. The number of rotatable bonds is 2. The average Bonchev–Trinajstić information content (AvgIpc) is 2.15. The molecule has 0 saturated carbocycles. The fourth-order valence-electron chi connectivity index (χ4n) is 1.07. The van der Waals surface area contributed by atoms with E-state index in [0.717, 1.165) is 13.0 Å². The smallest absolute Gasteiger partial charge is 0.241 e. The second-order valence-electron chi connectivity index (χ2n) is 2.97. The molecule has 0 radical (unpaired) electrons. The molecule has 1 rings (SSSR count). The van der Waals surface area contributed by atoms with Gasteiger partial charge in [-0.1, -0.05) is 6.07 Å². The van der Waals surface area contributed by atoms with E-state index in [9.17, 15) is 18.3 Å². The van der Waals surface area contributed by atoms with Crippen molar-refractivity contribution in [2.45, 2.75) is 11.8 Å². The molecule has 0 spiro atoms. The quantitative estimate of drug-likeness (QED) is 0.762. The Morgan fingerprint density at radius 2 is 2.06 bits per heavy atom. The summed E-state index contributed by atoms with van der Waals surface area (Å²) in [5, 5.41) is 14.5. The highest BCUT2D eigenvalue weighted by Crippen LogP contribution is 2.34. The van der Waals surface area contributed by atoms with Crippen LogP contribution in [0.3, 0.4) is 0 Å². The number of amides is 1. The maximum absolute atomic E-state index is 11.1. The number of hydrogen-bond acceptors (Lipinski definition) is 4. The molecule has 0 aromatic heterocycles. The van der Waals surface area contributed by atoms with Crippen molar-refractivity contribution in [2.24, 2.45) is 5.14 Å². The molecule has 0 unspecified atom stereocenters. The Labute approximate surface area is 97.4 Å². The number of aromatic hydroxyl groups is 1. The summed E-state index contributed by atoms with van der Waals surface area (Å²) in [6.07, 6.45) is 0. The van der Waals surface area contributed by atoms with Gasteiger partial charge in [-0.25, -0.2) is 18.0 Å². The molecule has 1 aromatic carbocycles. The van der Waals surface area contributed by atoms with Gasteiger partial charge in [0.25, 0.3) is 0 Å². The fraction of sp³-hybridized carbons (Fsp3) is 0.125. The molecule has 88 valence electrons. The Morgan fingerprint density at radius 1 is 1.50 bits per heavy atom. The van der Waals surface area contributed by atoms with E-state index in [1.165, 1.54) is 12.1 Å². The highest BCUT2D eigenvalue weighted by molar-refractivity contribution is 7.89. The van der Waals surface area contributed by atoms with E-state index >= 15 is 0 Å². The molecule has 1 aromatic rings. The lowest BCUT2D eigenvalue weighted by Gasteiger charge is -2.14. The van der Waals surface area contributed by atoms with E-state index in [-0.39, 0.29) is 5.69 Å². The summed E-state index contributed by atoms with van der Waals surface area (Å²) >= 11 is 5.56. The molecular formula is C8H9ClN2O4S. The van der Waals surface area contributed by atoms with E-state index in [2.05, 4.69) is 0 Å². The van der Waals surface area contributed by atoms with Crippen LogP contribution in [0.2, 0.25) is 0 Å². The number of nitrogens with two attached hydrogens (primary N) is 1. The SMILES string of the molecule is CC(=O)N(Cl)c1cccc(S(N)(=O)=O)c1O. The summed E-state index contributed by atoms with van der Waals surface area (Å²) < 4.78 is 22.7. The molecule has 0 aliphatic carbocycles. The minimum atomic E-state index is -4.06. The predicted octanol–water partition coefficient (Wildman–Crippen LogP) is 0.546. The zero-order chi connectivity index (χ0) is 12.5. The lowest BCUT2D eigenvalue weighted by Crippen LogP contribution is -2.18. The molecule has 0 aliphatic heterocycles. The van der Waals surface area contributed by atoms with Crippen molar-refractivity contribution < 1.29 is 18.3 Å². The number of carbonyl (C=O) groups is 1. The van der Waals surface area contributed by atoms with Crippen molar-refractivity contribution in [3.05, 3.63) is 18.2 Å². The van der Waals surface area contributed by atoms with Crippen LogP contribution in [-0.4, -0.2) is 19.4 Å². The van der Waals surface area contributed by atoms with Crippen molar-refractivity contribution in [1.82, 2.24) is 0 Å². The van der Waals surface area contributed by atoms with E-state index in [1.54, 1.807) is 0 Å². The van der Waals surface area contributed by atoms with Gasteiger partial charge in [-0.2, -0.15) is 0 Å². The highest BCUT2D eigenvalue weighted by Gasteiger charge is 2.20. The van der Waals surface area contributed by atoms with Crippen LogP contribution in [0.25, 0.3) is 0 Å². The van der Waals surface area contributed by atoms with Gasteiger partial charge in [-0.05, 0) is 12.1 Å². The van der Waals surface area contributed by atoms with Gasteiger partial charge in [0.2, 0.25) is 15.9 Å². The average molecular weight is 265 g/mol. The summed E-state index contributed by atoms with van der Waals surface area (Å²) in [4.78, 5) is 10.5. The first-order valence-corrected chi connectivity index (χ1v) is 5.95. The summed E-state index contributed by atoms with van der Waals surface area (Å²) in [6.45, 7) is 1.16. The minimum Gasteiger partial charge on any atom is -0.504 e. The first kappa shape index (κ1) is 12.8. The van der Waals surface area contributed by atoms with Crippen LogP contribution < -0.4 is 9.56 Å². The van der Waals surface area contributed by atoms with Gasteiger partial charge in [0.15, 0.2) is 5.75 Å². The van der Waals surface area contributed by atoms with Crippen molar-refractivity contribution in [3.8, 4) is 5.75 Å². The van der Waals surface area contributed by atoms with Crippen molar-refractivity contribution in [3.63, 3.8) is 0 Å². The van der Waals surface area contributed by atoms with Gasteiger partial charge in [-0.15, -0.1) is 0 Å². The molecule has 0 fully saturated rings. The Kier molecular flexibility index (Phi) is 3.41. The number of halogens is 1. The predicted molar refractivity (Wildman–Crippen MR) is 58.5 cm³/mol. The second-order valence-corrected chi connectivity index (χ2v) is 4.84. The molecule has 1 amide bonds. The molecule has 3 N–H and O–H groups in total. The molecule has 0 saturated heterocycles. The Bertz CT molecular complexity index is 529. The van der Waals surface area contributed by atoms with Gasteiger partial charge >= 0.3 is 0 Å². The van der Waals surface area contributed by atoms with Gasteiger partial charge in [0.1, 0.15) is 10.6 Å². The van der Waals surface area contributed by atoms with Crippen LogP contribution in [0.15, 0.2) is 23.1 Å². The van der Waals surface area contributed by atoms with Crippen LogP contribution in [0, 0.1) is 0 Å². The fourth-order valence-corrected chi connectivity index (χ4v) is 1.85. The van der Waals surface area contributed by atoms with E-state index in [0.29, 0.717) is 4.42 Å². The van der Waals surface area contributed by atoms with Crippen LogP contribution in [0.5, 0.6) is 5.75 Å². The van der Waals surface area contributed by atoms with Crippen LogP contribution in [-0.2, 0) is 14.8 Å². The van der Waals surface area contributed by atoms with Crippen LogP contribution in [0.1, 0.15) is 6.92 Å². The standard InChI is InChI=1S/C8H9ClN2O4S/c1-5(12)11(9)6-3-2-4-7(8(6)13)16(10,14)15/h2-4,13H,1H3,(H2,10,14,15). The maximum Gasteiger partial charge on any atom is 0.241 e. The highest BCUT2D eigenvalue weighted by atomic mass is 35.5. The Balaban J connectivity index is 3.41. The molecule has 16 heavy (non-hydrogen) atoms. The Morgan fingerprint density at radius 3 is 2.50 bits per heavy atom. The number of para-hydroxylation sites is 1. The molecule has 8 heteroatoms. The van der Waals surface area contributed by atoms with E-state index < -0.39 is 26.6 Å². The maximum atomic E-state index is 11.1. The number of phenolic OH excluding ortho intramolecular Hbond substituents is 1. The number of primary sulfonamides is 1.